The fraction of sp³-hybridized carbons (Fsp3) is 0.615. The smallest absolute Gasteiger partial charge is 0.133 e. The lowest BCUT2D eigenvalue weighted by molar-refractivity contribution is 0.215. The Morgan fingerprint density at radius 2 is 2.18 bits per heavy atom. The minimum atomic E-state index is -0.323. The van der Waals surface area contributed by atoms with E-state index in [1.807, 2.05) is 38.9 Å². The first-order valence-corrected chi connectivity index (χ1v) is 5.91. The van der Waals surface area contributed by atoms with Gasteiger partial charge in [0.25, 0.3) is 0 Å². The highest BCUT2D eigenvalue weighted by atomic mass is 16.3. The number of pyridine rings is 1. The highest BCUT2D eigenvalue weighted by molar-refractivity contribution is 5.49. The number of anilines is 1. The van der Waals surface area contributed by atoms with Crippen molar-refractivity contribution in [1.29, 1.82) is 0 Å². The van der Waals surface area contributed by atoms with Gasteiger partial charge in [0.2, 0.25) is 0 Å². The molecule has 0 saturated carbocycles. The number of hydrogen-bond acceptors (Lipinski definition) is 4. The second-order valence-corrected chi connectivity index (χ2v) is 4.96. The second kappa shape index (κ2) is 5.47. The van der Waals surface area contributed by atoms with Crippen LogP contribution >= 0.6 is 0 Å². The summed E-state index contributed by atoms with van der Waals surface area (Å²) in [5.74, 6) is 0.911. The number of likely N-dealkylation sites (N-methyl/N-ethyl adjacent to an activating group) is 1. The predicted octanol–water partition coefficient (Wildman–Crippen LogP) is 1.57. The molecule has 0 bridgehead atoms. The maximum absolute atomic E-state index is 9.43. The molecule has 96 valence electrons. The molecule has 1 unspecified atom stereocenters. The Hall–Kier alpha value is -1.13. The van der Waals surface area contributed by atoms with Crippen molar-refractivity contribution in [3.8, 4) is 0 Å². The Kier molecular flexibility index (Phi) is 4.48. The van der Waals surface area contributed by atoms with Gasteiger partial charge in [0.15, 0.2) is 0 Å². The largest absolute Gasteiger partial charge is 0.394 e. The minimum absolute atomic E-state index is 0.0907. The quantitative estimate of drug-likeness (QED) is 0.816. The van der Waals surface area contributed by atoms with Gasteiger partial charge in [-0.05, 0) is 33.9 Å². The summed E-state index contributed by atoms with van der Waals surface area (Å²) < 4.78 is 0. The Morgan fingerprint density at radius 1 is 1.53 bits per heavy atom. The van der Waals surface area contributed by atoms with Gasteiger partial charge in [0.1, 0.15) is 5.82 Å². The number of nitrogens with one attached hydrogen (secondary N) is 1. The standard InChI is InChI=1S/C13H23N3O/c1-10(14-4)11-7-6-8-15-12(11)16(5)13(2,3)9-17/h6-8,10,14,17H,9H2,1-5H3. The number of aromatic nitrogens is 1. The van der Waals surface area contributed by atoms with Crippen LogP contribution in [0.1, 0.15) is 32.4 Å². The Bertz CT molecular complexity index is 365. The molecule has 4 heteroatoms. The fourth-order valence-electron chi connectivity index (χ4n) is 1.58. The van der Waals surface area contributed by atoms with Gasteiger partial charge in [-0.2, -0.15) is 0 Å². The van der Waals surface area contributed by atoms with Crippen LogP contribution in [0.4, 0.5) is 5.82 Å². The van der Waals surface area contributed by atoms with Crippen molar-refractivity contribution in [2.75, 3.05) is 25.6 Å². The second-order valence-electron chi connectivity index (χ2n) is 4.96. The van der Waals surface area contributed by atoms with Crippen LogP contribution in [0.25, 0.3) is 0 Å². The molecule has 1 aromatic heterocycles. The number of nitrogens with zero attached hydrogens (tertiary/aromatic N) is 2. The summed E-state index contributed by atoms with van der Waals surface area (Å²) in [6.07, 6.45) is 1.78. The Morgan fingerprint density at radius 3 is 2.71 bits per heavy atom. The van der Waals surface area contributed by atoms with Crippen molar-refractivity contribution < 1.29 is 5.11 Å². The highest BCUT2D eigenvalue weighted by Crippen LogP contribution is 2.27. The van der Waals surface area contributed by atoms with Gasteiger partial charge in [-0.25, -0.2) is 4.98 Å². The van der Waals surface area contributed by atoms with Gasteiger partial charge in [0.05, 0.1) is 12.1 Å². The summed E-state index contributed by atoms with van der Waals surface area (Å²) in [6.45, 7) is 6.18. The third-order valence-corrected chi connectivity index (χ3v) is 3.33. The van der Waals surface area contributed by atoms with E-state index in [0.29, 0.717) is 0 Å². The van der Waals surface area contributed by atoms with E-state index in [1.165, 1.54) is 0 Å². The van der Waals surface area contributed by atoms with E-state index in [-0.39, 0.29) is 18.2 Å². The molecule has 0 aliphatic heterocycles. The molecular weight excluding hydrogens is 214 g/mol. The first-order valence-electron chi connectivity index (χ1n) is 5.91. The third kappa shape index (κ3) is 2.96. The van der Waals surface area contributed by atoms with Crippen molar-refractivity contribution in [3.05, 3.63) is 23.9 Å². The molecule has 2 N–H and O–H groups in total. The van der Waals surface area contributed by atoms with Crippen LogP contribution in [-0.4, -0.2) is 36.3 Å². The molecule has 0 amide bonds. The van der Waals surface area contributed by atoms with Crippen LogP contribution in [0.2, 0.25) is 0 Å². The first kappa shape index (κ1) is 13.9. The lowest BCUT2D eigenvalue weighted by Crippen LogP contribution is -2.45. The molecule has 1 atom stereocenters. The minimum Gasteiger partial charge on any atom is -0.394 e. The zero-order chi connectivity index (χ0) is 13.1. The topological polar surface area (TPSA) is 48.4 Å². The average Bonchev–Trinajstić information content (AvgIpc) is 2.36. The van der Waals surface area contributed by atoms with E-state index in [2.05, 4.69) is 23.3 Å². The molecule has 0 saturated heterocycles. The van der Waals surface area contributed by atoms with Gasteiger partial charge < -0.3 is 15.3 Å². The summed E-state index contributed by atoms with van der Waals surface area (Å²) in [5, 5.41) is 12.6. The van der Waals surface area contributed by atoms with Crippen LogP contribution in [0.15, 0.2) is 18.3 Å². The van der Waals surface area contributed by atoms with Crippen molar-refractivity contribution in [2.45, 2.75) is 32.4 Å². The van der Waals surface area contributed by atoms with Crippen LogP contribution in [0, 0.1) is 0 Å². The van der Waals surface area contributed by atoms with Crippen molar-refractivity contribution in [1.82, 2.24) is 10.3 Å². The summed E-state index contributed by atoms with van der Waals surface area (Å²) in [4.78, 5) is 6.46. The molecule has 4 nitrogen and oxygen atoms in total. The molecule has 0 radical (unpaired) electrons. The lowest BCUT2D eigenvalue weighted by Gasteiger charge is -2.36. The molecule has 0 spiro atoms. The molecule has 1 heterocycles. The van der Waals surface area contributed by atoms with Crippen LogP contribution in [-0.2, 0) is 0 Å². The number of hydrogen-bond donors (Lipinski definition) is 2. The monoisotopic (exact) mass is 237 g/mol. The normalized spacial score (nSPS) is 13.5. The van der Waals surface area contributed by atoms with E-state index in [0.717, 1.165) is 11.4 Å². The van der Waals surface area contributed by atoms with E-state index >= 15 is 0 Å². The maximum Gasteiger partial charge on any atom is 0.133 e. The molecule has 1 rings (SSSR count). The lowest BCUT2D eigenvalue weighted by atomic mass is 10.0. The van der Waals surface area contributed by atoms with Gasteiger partial charge in [-0.1, -0.05) is 6.07 Å². The summed E-state index contributed by atoms with van der Waals surface area (Å²) in [5.41, 5.74) is 0.815. The average molecular weight is 237 g/mol. The zero-order valence-corrected chi connectivity index (χ0v) is 11.4. The molecule has 0 aliphatic carbocycles. The number of aliphatic hydroxyl groups excluding tert-OH is 1. The Balaban J connectivity index is 3.13. The predicted molar refractivity (Wildman–Crippen MR) is 71.3 cm³/mol. The van der Waals surface area contributed by atoms with Gasteiger partial charge in [0, 0.05) is 24.8 Å². The van der Waals surface area contributed by atoms with Crippen molar-refractivity contribution >= 4 is 5.82 Å². The van der Waals surface area contributed by atoms with Crippen LogP contribution < -0.4 is 10.2 Å². The number of rotatable bonds is 5. The van der Waals surface area contributed by atoms with E-state index in [1.54, 1.807) is 6.20 Å². The molecule has 0 aliphatic rings. The van der Waals surface area contributed by atoms with Crippen molar-refractivity contribution in [2.24, 2.45) is 0 Å². The van der Waals surface area contributed by atoms with Crippen LogP contribution in [0.5, 0.6) is 0 Å². The van der Waals surface area contributed by atoms with Crippen LogP contribution in [0.3, 0.4) is 0 Å². The SMILES string of the molecule is CNC(C)c1cccnc1N(C)C(C)(C)CO. The third-order valence-electron chi connectivity index (χ3n) is 3.33. The number of aliphatic hydroxyl groups is 1. The maximum atomic E-state index is 9.43. The van der Waals surface area contributed by atoms with Gasteiger partial charge in [-0.15, -0.1) is 0 Å². The summed E-state index contributed by atoms with van der Waals surface area (Å²) in [6, 6.07) is 4.23. The van der Waals surface area contributed by atoms with Gasteiger partial charge in [-0.3, -0.25) is 0 Å². The Labute approximate surface area is 104 Å². The molecule has 0 fully saturated rings. The van der Waals surface area contributed by atoms with Gasteiger partial charge >= 0.3 is 0 Å². The van der Waals surface area contributed by atoms with E-state index in [9.17, 15) is 5.11 Å². The van der Waals surface area contributed by atoms with Crippen molar-refractivity contribution in [3.63, 3.8) is 0 Å². The molecule has 1 aromatic rings. The van der Waals surface area contributed by atoms with E-state index in [4.69, 9.17) is 0 Å². The molecule has 0 aromatic carbocycles. The fourth-order valence-corrected chi connectivity index (χ4v) is 1.58. The molecular formula is C13H23N3O. The highest BCUT2D eigenvalue weighted by Gasteiger charge is 2.26. The first-order chi connectivity index (χ1) is 7.94. The summed E-state index contributed by atoms with van der Waals surface area (Å²) in [7, 11) is 3.89. The van der Waals surface area contributed by atoms with E-state index < -0.39 is 0 Å². The molecule has 17 heavy (non-hydrogen) atoms. The summed E-state index contributed by atoms with van der Waals surface area (Å²) >= 11 is 0. The zero-order valence-electron chi connectivity index (χ0n) is 11.4.